The summed E-state index contributed by atoms with van der Waals surface area (Å²) in [5.74, 6) is 0.913. The lowest BCUT2D eigenvalue weighted by Crippen LogP contribution is -1.94. The van der Waals surface area contributed by atoms with Crippen molar-refractivity contribution in [3.63, 3.8) is 0 Å². The zero-order valence-electron chi connectivity index (χ0n) is 10.3. The summed E-state index contributed by atoms with van der Waals surface area (Å²) in [6.45, 7) is 0. The predicted octanol–water partition coefficient (Wildman–Crippen LogP) is 4.92. The zero-order valence-corrected chi connectivity index (χ0v) is 11.8. The lowest BCUT2D eigenvalue weighted by molar-refractivity contribution is 0.471. The summed E-state index contributed by atoms with van der Waals surface area (Å²) in [6, 6.07) is 12.9. The average molecular weight is 305 g/mol. The highest BCUT2D eigenvalue weighted by Crippen LogP contribution is 2.36. The zero-order chi connectivity index (χ0) is 14.1. The van der Waals surface area contributed by atoms with Crippen molar-refractivity contribution < 1.29 is 4.74 Å². The number of benzene rings is 2. The van der Waals surface area contributed by atoms with Crippen LogP contribution in [0.25, 0.3) is 10.8 Å². The Hall–Kier alpha value is -1.97. The molecule has 0 saturated carbocycles. The maximum Gasteiger partial charge on any atom is 0.227 e. The van der Waals surface area contributed by atoms with Gasteiger partial charge in [-0.25, -0.2) is 4.98 Å². The fraction of sp³-hybridized carbons (Fsp3) is 0. The number of fused-ring (bicyclic) bond motifs is 1. The minimum atomic E-state index is 0.385. The number of nitrogens with two attached hydrogens (primary N) is 1. The van der Waals surface area contributed by atoms with Crippen LogP contribution in [0, 0.1) is 0 Å². The van der Waals surface area contributed by atoms with Gasteiger partial charge in [0, 0.05) is 17.6 Å². The molecule has 20 heavy (non-hydrogen) atoms. The van der Waals surface area contributed by atoms with Crippen molar-refractivity contribution in [2.45, 2.75) is 0 Å². The van der Waals surface area contributed by atoms with Gasteiger partial charge in [0.25, 0.3) is 0 Å². The Balaban J connectivity index is 2.08. The lowest BCUT2D eigenvalue weighted by atomic mass is 10.2. The van der Waals surface area contributed by atoms with Crippen LogP contribution in [-0.2, 0) is 0 Å². The van der Waals surface area contributed by atoms with Crippen LogP contribution in [0.3, 0.4) is 0 Å². The van der Waals surface area contributed by atoms with E-state index in [1.807, 2.05) is 30.3 Å². The van der Waals surface area contributed by atoms with Gasteiger partial charge in [0.15, 0.2) is 5.75 Å². The highest BCUT2D eigenvalue weighted by Gasteiger charge is 2.10. The summed E-state index contributed by atoms with van der Waals surface area (Å²) >= 11 is 11.9. The van der Waals surface area contributed by atoms with Gasteiger partial charge in [-0.15, -0.1) is 0 Å². The Morgan fingerprint density at radius 1 is 1.00 bits per heavy atom. The van der Waals surface area contributed by atoms with E-state index in [0.717, 1.165) is 10.8 Å². The Labute approximate surface area is 125 Å². The van der Waals surface area contributed by atoms with Gasteiger partial charge >= 0.3 is 0 Å². The van der Waals surface area contributed by atoms with E-state index in [0.29, 0.717) is 27.4 Å². The maximum atomic E-state index is 5.98. The number of hydrogen-bond donors (Lipinski definition) is 1. The van der Waals surface area contributed by atoms with Gasteiger partial charge in [-0.1, -0.05) is 41.4 Å². The largest absolute Gasteiger partial charge is 0.436 e. The summed E-state index contributed by atoms with van der Waals surface area (Å²) in [5.41, 5.74) is 6.30. The van der Waals surface area contributed by atoms with Crippen LogP contribution >= 0.6 is 23.2 Å². The number of nitrogen functional groups attached to an aromatic ring is 1. The molecule has 0 fully saturated rings. The van der Waals surface area contributed by atoms with Crippen LogP contribution in [0.5, 0.6) is 11.6 Å². The van der Waals surface area contributed by atoms with Crippen molar-refractivity contribution in [2.75, 3.05) is 5.73 Å². The van der Waals surface area contributed by atoms with Crippen LogP contribution < -0.4 is 10.5 Å². The quantitative estimate of drug-likeness (QED) is 0.684. The second-order valence-electron chi connectivity index (χ2n) is 4.24. The molecular weight excluding hydrogens is 295 g/mol. The molecule has 0 spiro atoms. The van der Waals surface area contributed by atoms with Gasteiger partial charge in [0.2, 0.25) is 5.88 Å². The molecule has 0 aliphatic heterocycles. The van der Waals surface area contributed by atoms with E-state index in [4.69, 9.17) is 33.7 Å². The molecule has 2 aromatic carbocycles. The van der Waals surface area contributed by atoms with Gasteiger partial charge in [0.05, 0.1) is 15.7 Å². The highest BCUT2D eigenvalue weighted by atomic mass is 35.5. The molecule has 3 aromatic rings. The summed E-state index contributed by atoms with van der Waals surface area (Å²) in [5, 5.41) is 2.72. The number of rotatable bonds is 2. The molecule has 0 radical (unpaired) electrons. The SMILES string of the molecule is Nc1cc(Cl)c(Cl)cc1Oc1nccc2ccccc12. The third kappa shape index (κ3) is 2.38. The molecule has 100 valence electrons. The smallest absolute Gasteiger partial charge is 0.227 e. The molecule has 0 bridgehead atoms. The Bertz CT molecular complexity index is 785. The number of ether oxygens (including phenoxy) is 1. The first kappa shape index (κ1) is 13.0. The number of pyridine rings is 1. The van der Waals surface area contributed by atoms with Gasteiger partial charge in [0.1, 0.15) is 0 Å². The van der Waals surface area contributed by atoms with Crippen molar-refractivity contribution in [2.24, 2.45) is 0 Å². The molecule has 0 aliphatic rings. The third-order valence-electron chi connectivity index (χ3n) is 2.90. The first-order valence-corrected chi connectivity index (χ1v) is 6.67. The molecule has 0 amide bonds. The molecule has 0 atom stereocenters. The Kier molecular flexibility index (Phi) is 3.38. The number of aromatic nitrogens is 1. The van der Waals surface area contributed by atoms with E-state index in [-0.39, 0.29) is 0 Å². The lowest BCUT2D eigenvalue weighted by Gasteiger charge is -2.10. The van der Waals surface area contributed by atoms with Crippen molar-refractivity contribution >= 4 is 39.7 Å². The van der Waals surface area contributed by atoms with E-state index in [9.17, 15) is 0 Å². The minimum Gasteiger partial charge on any atom is -0.436 e. The standard InChI is InChI=1S/C15H10Cl2N2O/c16-11-7-13(18)14(8-12(11)17)20-15-10-4-2-1-3-9(10)5-6-19-15/h1-8H,18H2. The Morgan fingerprint density at radius 2 is 1.75 bits per heavy atom. The van der Waals surface area contributed by atoms with Crippen molar-refractivity contribution in [1.82, 2.24) is 4.98 Å². The Morgan fingerprint density at radius 3 is 2.60 bits per heavy atom. The van der Waals surface area contributed by atoms with E-state index in [1.54, 1.807) is 18.3 Å². The molecule has 0 saturated heterocycles. The summed E-state index contributed by atoms with van der Waals surface area (Å²) in [6.07, 6.45) is 1.69. The second-order valence-corrected chi connectivity index (χ2v) is 5.06. The third-order valence-corrected chi connectivity index (χ3v) is 3.62. The number of anilines is 1. The monoisotopic (exact) mass is 304 g/mol. The number of hydrogen-bond acceptors (Lipinski definition) is 3. The molecule has 3 rings (SSSR count). The molecule has 0 unspecified atom stereocenters. The number of nitrogens with zero attached hydrogens (tertiary/aromatic N) is 1. The first-order valence-electron chi connectivity index (χ1n) is 5.91. The second kappa shape index (κ2) is 5.19. The molecule has 1 aromatic heterocycles. The molecule has 2 N–H and O–H groups in total. The molecule has 5 heteroatoms. The number of halogens is 2. The van der Waals surface area contributed by atoms with Gasteiger partial charge in [-0.3, -0.25) is 0 Å². The van der Waals surface area contributed by atoms with Crippen molar-refractivity contribution in [3.8, 4) is 11.6 Å². The van der Waals surface area contributed by atoms with E-state index < -0.39 is 0 Å². The molecule has 3 nitrogen and oxygen atoms in total. The van der Waals surface area contributed by atoms with Crippen LogP contribution in [0.2, 0.25) is 10.0 Å². The fourth-order valence-electron chi connectivity index (χ4n) is 1.91. The van der Waals surface area contributed by atoms with Crippen LogP contribution in [0.4, 0.5) is 5.69 Å². The molecule has 1 heterocycles. The van der Waals surface area contributed by atoms with Gasteiger partial charge in [-0.05, 0) is 23.6 Å². The normalized spacial score (nSPS) is 10.7. The van der Waals surface area contributed by atoms with Gasteiger partial charge in [-0.2, -0.15) is 0 Å². The fourth-order valence-corrected chi connectivity index (χ4v) is 2.24. The first-order chi connectivity index (χ1) is 9.65. The summed E-state index contributed by atoms with van der Waals surface area (Å²) in [7, 11) is 0. The summed E-state index contributed by atoms with van der Waals surface area (Å²) in [4.78, 5) is 4.24. The van der Waals surface area contributed by atoms with E-state index in [2.05, 4.69) is 4.98 Å². The molecular formula is C15H10Cl2N2O. The van der Waals surface area contributed by atoms with E-state index in [1.165, 1.54) is 0 Å². The summed E-state index contributed by atoms with van der Waals surface area (Å²) < 4.78 is 5.78. The van der Waals surface area contributed by atoms with Crippen LogP contribution in [0.1, 0.15) is 0 Å². The molecule has 0 aliphatic carbocycles. The topological polar surface area (TPSA) is 48.1 Å². The van der Waals surface area contributed by atoms with Crippen LogP contribution in [0.15, 0.2) is 48.7 Å². The highest BCUT2D eigenvalue weighted by molar-refractivity contribution is 6.42. The van der Waals surface area contributed by atoms with Crippen LogP contribution in [-0.4, -0.2) is 4.98 Å². The predicted molar refractivity (Wildman–Crippen MR) is 82.7 cm³/mol. The van der Waals surface area contributed by atoms with Crippen molar-refractivity contribution in [1.29, 1.82) is 0 Å². The van der Waals surface area contributed by atoms with Gasteiger partial charge < -0.3 is 10.5 Å². The maximum absolute atomic E-state index is 5.98. The average Bonchev–Trinajstić information content (AvgIpc) is 2.45. The van der Waals surface area contributed by atoms with Crippen molar-refractivity contribution in [3.05, 3.63) is 58.7 Å². The van der Waals surface area contributed by atoms with E-state index >= 15 is 0 Å². The minimum absolute atomic E-state index is 0.385.